The van der Waals surface area contributed by atoms with Crippen molar-refractivity contribution in [1.82, 2.24) is 15.1 Å². The Morgan fingerprint density at radius 1 is 1.04 bits per heavy atom. The van der Waals surface area contributed by atoms with Crippen LogP contribution in [0.2, 0.25) is 0 Å². The number of rotatable bonds is 5. The van der Waals surface area contributed by atoms with Gasteiger partial charge >= 0.3 is 0 Å². The molecule has 0 radical (unpaired) electrons. The molecule has 0 aliphatic rings. The molecule has 0 spiro atoms. The molecule has 0 aliphatic carbocycles. The van der Waals surface area contributed by atoms with Gasteiger partial charge in [-0.05, 0) is 55.5 Å². The van der Waals surface area contributed by atoms with E-state index in [0.717, 1.165) is 17.0 Å². The molecule has 2 heterocycles. The Balaban J connectivity index is 1.73. The van der Waals surface area contributed by atoms with Gasteiger partial charge in [-0.1, -0.05) is 5.16 Å². The van der Waals surface area contributed by atoms with Crippen molar-refractivity contribution in [3.8, 4) is 17.0 Å². The molecule has 2 aromatic heterocycles. The van der Waals surface area contributed by atoms with Crippen LogP contribution in [0.4, 0.5) is 15.9 Å². The number of benzene rings is 2. The van der Waals surface area contributed by atoms with Gasteiger partial charge in [-0.25, -0.2) is 9.37 Å². The summed E-state index contributed by atoms with van der Waals surface area (Å²) in [5.41, 5.74) is 2.45. The van der Waals surface area contributed by atoms with E-state index in [1.165, 1.54) is 18.5 Å². The van der Waals surface area contributed by atoms with E-state index in [9.17, 15) is 4.39 Å². The van der Waals surface area contributed by atoms with Gasteiger partial charge in [0.05, 0.1) is 6.61 Å². The Labute approximate surface area is 148 Å². The van der Waals surface area contributed by atoms with Gasteiger partial charge in [0.25, 0.3) is 5.71 Å². The van der Waals surface area contributed by atoms with Crippen LogP contribution in [0, 0.1) is 5.82 Å². The molecule has 0 amide bonds. The highest BCUT2D eigenvalue weighted by molar-refractivity contribution is 5.98. The summed E-state index contributed by atoms with van der Waals surface area (Å²) in [6, 6.07) is 13.6. The van der Waals surface area contributed by atoms with Gasteiger partial charge in [0.2, 0.25) is 0 Å². The van der Waals surface area contributed by atoms with Crippen LogP contribution in [0.15, 0.2) is 59.4 Å². The first kappa shape index (κ1) is 16.0. The van der Waals surface area contributed by atoms with Crippen LogP contribution in [0.1, 0.15) is 6.92 Å². The second kappa shape index (κ2) is 6.79. The van der Waals surface area contributed by atoms with E-state index in [0.29, 0.717) is 29.2 Å². The van der Waals surface area contributed by atoms with Crippen molar-refractivity contribution >= 4 is 22.6 Å². The quantitative estimate of drug-likeness (QED) is 0.568. The lowest BCUT2D eigenvalue weighted by molar-refractivity contribution is 0.340. The first-order valence-electron chi connectivity index (χ1n) is 8.11. The number of hydrogen-bond donors (Lipinski definition) is 1. The molecule has 0 unspecified atom stereocenters. The number of hydrogen-bond acceptors (Lipinski definition) is 6. The fourth-order valence-corrected chi connectivity index (χ4v) is 2.62. The normalized spacial score (nSPS) is 10.8. The van der Waals surface area contributed by atoms with E-state index in [-0.39, 0.29) is 5.82 Å². The average molecular weight is 350 g/mol. The molecule has 0 saturated carbocycles. The van der Waals surface area contributed by atoms with Crippen molar-refractivity contribution < 1.29 is 13.7 Å². The largest absolute Gasteiger partial charge is 0.494 e. The Kier molecular flexibility index (Phi) is 4.18. The minimum absolute atomic E-state index is 0.314. The standard InChI is InChI=1S/C19H15FN4O2/c1-2-25-15-9-7-14(8-10-15)23-18-16-17(12-3-5-13(20)6-4-12)24-26-19(16)22-11-21-18/h3-11H,2H2,1H3,(H,21,22,23). The number of aromatic nitrogens is 3. The summed E-state index contributed by atoms with van der Waals surface area (Å²) in [5.74, 6) is 1.04. The van der Waals surface area contributed by atoms with Gasteiger partial charge in [0.1, 0.15) is 34.8 Å². The van der Waals surface area contributed by atoms with Crippen LogP contribution in [0.5, 0.6) is 5.75 Å². The predicted molar refractivity (Wildman–Crippen MR) is 95.9 cm³/mol. The SMILES string of the molecule is CCOc1ccc(Nc2ncnc3onc(-c4ccc(F)cc4)c23)cc1. The molecule has 4 rings (SSSR count). The van der Waals surface area contributed by atoms with Crippen LogP contribution >= 0.6 is 0 Å². The van der Waals surface area contributed by atoms with Crippen LogP contribution in [0.3, 0.4) is 0 Å². The number of anilines is 2. The maximum Gasteiger partial charge on any atom is 0.263 e. The van der Waals surface area contributed by atoms with E-state index >= 15 is 0 Å². The number of nitrogens with zero attached hydrogens (tertiary/aromatic N) is 3. The Bertz CT molecular complexity index is 1030. The van der Waals surface area contributed by atoms with E-state index in [2.05, 4.69) is 20.4 Å². The van der Waals surface area contributed by atoms with Gasteiger partial charge in [-0.2, -0.15) is 4.98 Å². The second-order valence-corrected chi connectivity index (χ2v) is 5.52. The molecule has 4 aromatic rings. The number of ether oxygens (including phenoxy) is 1. The van der Waals surface area contributed by atoms with Gasteiger partial charge in [0, 0.05) is 11.3 Å². The summed E-state index contributed by atoms with van der Waals surface area (Å²) in [4.78, 5) is 8.42. The molecule has 7 heteroatoms. The highest BCUT2D eigenvalue weighted by Crippen LogP contribution is 2.32. The molecular weight excluding hydrogens is 335 g/mol. The third-order valence-electron chi connectivity index (χ3n) is 3.82. The minimum atomic E-state index is -0.314. The smallest absolute Gasteiger partial charge is 0.263 e. The van der Waals surface area contributed by atoms with Crippen molar-refractivity contribution in [2.75, 3.05) is 11.9 Å². The van der Waals surface area contributed by atoms with Gasteiger partial charge < -0.3 is 14.6 Å². The molecule has 0 saturated heterocycles. The minimum Gasteiger partial charge on any atom is -0.494 e. The van der Waals surface area contributed by atoms with Crippen molar-refractivity contribution in [3.05, 3.63) is 60.7 Å². The van der Waals surface area contributed by atoms with Crippen LogP contribution in [-0.4, -0.2) is 21.7 Å². The third kappa shape index (κ3) is 3.06. The topological polar surface area (TPSA) is 73.1 Å². The maximum atomic E-state index is 13.2. The van der Waals surface area contributed by atoms with Crippen LogP contribution < -0.4 is 10.1 Å². The van der Waals surface area contributed by atoms with E-state index < -0.39 is 0 Å². The highest BCUT2D eigenvalue weighted by Gasteiger charge is 2.17. The van der Waals surface area contributed by atoms with Crippen molar-refractivity contribution in [1.29, 1.82) is 0 Å². The van der Waals surface area contributed by atoms with Crippen molar-refractivity contribution in [2.24, 2.45) is 0 Å². The van der Waals surface area contributed by atoms with Gasteiger partial charge in [0.15, 0.2) is 0 Å². The number of nitrogens with one attached hydrogen (secondary N) is 1. The molecule has 0 aliphatic heterocycles. The molecule has 0 fully saturated rings. The zero-order chi connectivity index (χ0) is 17.9. The summed E-state index contributed by atoms with van der Waals surface area (Å²) in [7, 11) is 0. The molecule has 0 bridgehead atoms. The van der Waals surface area contributed by atoms with E-state index in [1.807, 2.05) is 31.2 Å². The summed E-state index contributed by atoms with van der Waals surface area (Å²) < 4.78 is 24.0. The van der Waals surface area contributed by atoms with Crippen molar-refractivity contribution in [2.45, 2.75) is 6.92 Å². The molecule has 6 nitrogen and oxygen atoms in total. The molecule has 26 heavy (non-hydrogen) atoms. The average Bonchev–Trinajstić information content (AvgIpc) is 3.09. The molecule has 130 valence electrons. The summed E-state index contributed by atoms with van der Waals surface area (Å²) >= 11 is 0. The lowest BCUT2D eigenvalue weighted by Gasteiger charge is -2.08. The fraction of sp³-hybridized carbons (Fsp3) is 0.105. The number of halogens is 1. The molecular formula is C19H15FN4O2. The monoisotopic (exact) mass is 350 g/mol. The summed E-state index contributed by atoms with van der Waals surface area (Å²) in [6.45, 7) is 2.55. The van der Waals surface area contributed by atoms with Crippen LogP contribution in [-0.2, 0) is 0 Å². The van der Waals surface area contributed by atoms with Gasteiger partial charge in [-0.15, -0.1) is 0 Å². The maximum absolute atomic E-state index is 13.2. The second-order valence-electron chi connectivity index (χ2n) is 5.52. The Morgan fingerprint density at radius 3 is 2.54 bits per heavy atom. The lowest BCUT2D eigenvalue weighted by Crippen LogP contribution is -1.96. The van der Waals surface area contributed by atoms with Gasteiger partial charge in [-0.3, -0.25) is 0 Å². The van der Waals surface area contributed by atoms with Crippen LogP contribution in [0.25, 0.3) is 22.4 Å². The zero-order valence-corrected chi connectivity index (χ0v) is 13.9. The molecule has 1 N–H and O–H groups in total. The Morgan fingerprint density at radius 2 is 1.81 bits per heavy atom. The number of fused-ring (bicyclic) bond motifs is 1. The molecule has 2 aromatic carbocycles. The lowest BCUT2D eigenvalue weighted by atomic mass is 10.1. The zero-order valence-electron chi connectivity index (χ0n) is 13.9. The predicted octanol–water partition coefficient (Wildman–Crippen LogP) is 4.57. The Hall–Kier alpha value is -3.48. The molecule has 0 atom stereocenters. The third-order valence-corrected chi connectivity index (χ3v) is 3.82. The van der Waals surface area contributed by atoms with Crippen molar-refractivity contribution in [3.63, 3.8) is 0 Å². The summed E-state index contributed by atoms with van der Waals surface area (Å²) in [6.07, 6.45) is 1.40. The first-order chi connectivity index (χ1) is 12.7. The fourth-order valence-electron chi connectivity index (χ4n) is 2.62. The highest BCUT2D eigenvalue weighted by atomic mass is 19.1. The van der Waals surface area contributed by atoms with E-state index in [4.69, 9.17) is 9.26 Å². The first-order valence-corrected chi connectivity index (χ1v) is 8.11. The summed E-state index contributed by atoms with van der Waals surface area (Å²) in [5, 5.41) is 7.95. The van der Waals surface area contributed by atoms with E-state index in [1.54, 1.807) is 12.1 Å².